The second-order valence-electron chi connectivity index (χ2n) is 7.37. The van der Waals surface area contributed by atoms with E-state index in [-0.39, 0.29) is 6.42 Å². The minimum atomic E-state index is -1.07. The van der Waals surface area contributed by atoms with Crippen molar-refractivity contribution in [3.05, 3.63) is 101 Å². The first-order chi connectivity index (χ1) is 14.5. The highest BCUT2D eigenvalue weighted by atomic mass is 16.5. The molecule has 1 heterocycles. The molecule has 0 N–H and O–H groups in total. The zero-order valence-corrected chi connectivity index (χ0v) is 16.8. The van der Waals surface area contributed by atoms with E-state index in [1.54, 1.807) is 24.3 Å². The van der Waals surface area contributed by atoms with E-state index in [1.807, 2.05) is 62.4 Å². The maximum atomic E-state index is 13.3. The van der Waals surface area contributed by atoms with Crippen LogP contribution in [0.5, 0.6) is 5.75 Å². The molecule has 30 heavy (non-hydrogen) atoms. The Morgan fingerprint density at radius 1 is 0.800 bits per heavy atom. The van der Waals surface area contributed by atoms with Crippen molar-refractivity contribution in [2.24, 2.45) is 0 Å². The fourth-order valence-electron chi connectivity index (χ4n) is 3.74. The zero-order chi connectivity index (χ0) is 21.3. The fraction of sp³-hybridized carbons (Fsp3) is 0.160. The highest BCUT2D eigenvalue weighted by Gasteiger charge is 2.43. The molecule has 0 saturated carbocycles. The van der Waals surface area contributed by atoms with Gasteiger partial charge in [0.2, 0.25) is 0 Å². The first-order valence-electron chi connectivity index (χ1n) is 9.76. The van der Waals surface area contributed by atoms with Gasteiger partial charge in [-0.15, -0.1) is 0 Å². The number of para-hydroxylation sites is 1. The Balaban J connectivity index is 1.71. The largest absolute Gasteiger partial charge is 0.424 e. The molecule has 3 aromatic carbocycles. The molecular weight excluding hydrogens is 378 g/mol. The molecule has 0 radical (unpaired) electrons. The Bertz CT molecular complexity index is 1080. The van der Waals surface area contributed by atoms with Crippen molar-refractivity contribution in [1.29, 1.82) is 0 Å². The standard InChI is InChI=1S/C25H21NO4/c1-16-9-8-10-17(2)22(16)30-25(29)21(15-18-11-4-3-5-12-18)26-23(27)19-13-6-7-14-20(19)24(26)28/h3-14,21H,15H2,1-2H3/t21-/m0/s1. The van der Waals surface area contributed by atoms with E-state index < -0.39 is 23.8 Å². The number of ether oxygens (including phenoxy) is 1. The van der Waals surface area contributed by atoms with Gasteiger partial charge in [-0.3, -0.25) is 14.5 Å². The highest BCUT2D eigenvalue weighted by Crippen LogP contribution is 2.28. The number of hydrogen-bond donors (Lipinski definition) is 0. The van der Waals surface area contributed by atoms with E-state index in [0.717, 1.165) is 21.6 Å². The molecule has 0 spiro atoms. The van der Waals surface area contributed by atoms with Gasteiger partial charge in [0.05, 0.1) is 11.1 Å². The summed E-state index contributed by atoms with van der Waals surface area (Å²) in [6.07, 6.45) is 0.177. The molecule has 1 atom stereocenters. The minimum Gasteiger partial charge on any atom is -0.424 e. The van der Waals surface area contributed by atoms with Gasteiger partial charge in [0.25, 0.3) is 11.8 Å². The van der Waals surface area contributed by atoms with Crippen LogP contribution in [0.1, 0.15) is 37.4 Å². The fourth-order valence-corrected chi connectivity index (χ4v) is 3.74. The summed E-state index contributed by atoms with van der Waals surface area (Å²) in [4.78, 5) is 40.4. The van der Waals surface area contributed by atoms with E-state index in [0.29, 0.717) is 16.9 Å². The molecule has 0 unspecified atom stereocenters. The van der Waals surface area contributed by atoms with E-state index in [1.165, 1.54) is 0 Å². The molecule has 0 aromatic heterocycles. The molecule has 4 rings (SSSR count). The predicted molar refractivity (Wildman–Crippen MR) is 112 cm³/mol. The minimum absolute atomic E-state index is 0.177. The van der Waals surface area contributed by atoms with Crippen LogP contribution in [-0.2, 0) is 11.2 Å². The van der Waals surface area contributed by atoms with Crippen LogP contribution in [0, 0.1) is 13.8 Å². The van der Waals surface area contributed by atoms with Gasteiger partial charge in [0.1, 0.15) is 11.8 Å². The highest BCUT2D eigenvalue weighted by molar-refractivity contribution is 6.22. The van der Waals surface area contributed by atoms with Gasteiger partial charge in [0.15, 0.2) is 0 Å². The number of imide groups is 1. The Morgan fingerprint density at radius 2 is 1.33 bits per heavy atom. The molecule has 5 heteroatoms. The number of aryl methyl sites for hydroxylation is 2. The summed E-state index contributed by atoms with van der Waals surface area (Å²) < 4.78 is 5.73. The van der Waals surface area contributed by atoms with Crippen molar-refractivity contribution in [3.63, 3.8) is 0 Å². The Labute approximate surface area is 174 Å². The maximum Gasteiger partial charge on any atom is 0.335 e. The average molecular weight is 399 g/mol. The Hall–Kier alpha value is -3.73. The Kier molecular flexibility index (Phi) is 5.19. The van der Waals surface area contributed by atoms with Crippen molar-refractivity contribution >= 4 is 17.8 Å². The lowest BCUT2D eigenvalue weighted by atomic mass is 10.0. The molecule has 2 amide bonds. The molecule has 3 aromatic rings. The van der Waals surface area contributed by atoms with E-state index in [9.17, 15) is 14.4 Å². The number of hydrogen-bond acceptors (Lipinski definition) is 4. The van der Waals surface area contributed by atoms with Crippen LogP contribution in [0.2, 0.25) is 0 Å². The summed E-state index contributed by atoms with van der Waals surface area (Å²) in [5.74, 6) is -1.13. The smallest absolute Gasteiger partial charge is 0.335 e. The lowest BCUT2D eigenvalue weighted by Gasteiger charge is -2.25. The summed E-state index contributed by atoms with van der Waals surface area (Å²) in [6.45, 7) is 3.70. The molecule has 150 valence electrons. The van der Waals surface area contributed by atoms with Gasteiger partial charge in [-0.25, -0.2) is 4.79 Å². The Morgan fingerprint density at radius 3 is 1.90 bits per heavy atom. The van der Waals surface area contributed by atoms with Crippen LogP contribution in [0.15, 0.2) is 72.8 Å². The number of esters is 1. The number of rotatable bonds is 5. The van der Waals surface area contributed by atoms with E-state index in [4.69, 9.17) is 4.74 Å². The maximum absolute atomic E-state index is 13.3. The van der Waals surface area contributed by atoms with Gasteiger partial charge < -0.3 is 4.74 Å². The third kappa shape index (κ3) is 3.50. The van der Waals surface area contributed by atoms with Gasteiger partial charge in [0, 0.05) is 6.42 Å². The summed E-state index contributed by atoms with van der Waals surface area (Å²) in [6, 6.07) is 20.4. The summed E-state index contributed by atoms with van der Waals surface area (Å²) in [5.41, 5.74) is 3.06. The molecule has 5 nitrogen and oxygen atoms in total. The molecule has 0 bridgehead atoms. The average Bonchev–Trinajstić information content (AvgIpc) is 3.00. The second kappa shape index (κ2) is 7.95. The van der Waals surface area contributed by atoms with Crippen molar-refractivity contribution in [2.45, 2.75) is 26.3 Å². The van der Waals surface area contributed by atoms with Crippen molar-refractivity contribution in [3.8, 4) is 5.75 Å². The monoisotopic (exact) mass is 399 g/mol. The van der Waals surface area contributed by atoms with Crippen LogP contribution in [0.4, 0.5) is 0 Å². The number of benzene rings is 3. The van der Waals surface area contributed by atoms with Gasteiger partial charge >= 0.3 is 5.97 Å². The lowest BCUT2D eigenvalue weighted by Crippen LogP contribution is -2.48. The summed E-state index contributed by atoms with van der Waals surface area (Å²) >= 11 is 0. The quantitative estimate of drug-likeness (QED) is 0.368. The predicted octanol–water partition coefficient (Wildman–Crippen LogP) is 4.12. The SMILES string of the molecule is Cc1cccc(C)c1OC(=O)[C@H](Cc1ccccc1)N1C(=O)c2ccccc2C1=O. The lowest BCUT2D eigenvalue weighted by molar-refractivity contribution is -0.138. The summed E-state index contributed by atoms with van der Waals surface area (Å²) in [5, 5.41) is 0. The normalized spacial score (nSPS) is 13.9. The van der Waals surface area contributed by atoms with Crippen molar-refractivity contribution < 1.29 is 19.1 Å². The van der Waals surface area contributed by atoms with Gasteiger partial charge in [-0.1, -0.05) is 60.7 Å². The molecule has 0 fully saturated rings. The van der Waals surface area contributed by atoms with Crippen LogP contribution in [0.25, 0.3) is 0 Å². The van der Waals surface area contributed by atoms with E-state index >= 15 is 0 Å². The number of nitrogens with zero attached hydrogens (tertiary/aromatic N) is 1. The number of carbonyl (C=O) groups is 3. The molecule has 1 aliphatic rings. The number of amides is 2. The molecule has 0 aliphatic carbocycles. The third-order valence-electron chi connectivity index (χ3n) is 5.29. The topological polar surface area (TPSA) is 63.7 Å². The van der Waals surface area contributed by atoms with Gasteiger partial charge in [-0.05, 0) is 42.7 Å². The second-order valence-corrected chi connectivity index (χ2v) is 7.37. The number of fused-ring (bicyclic) bond motifs is 1. The van der Waals surface area contributed by atoms with Crippen molar-refractivity contribution in [1.82, 2.24) is 4.90 Å². The van der Waals surface area contributed by atoms with Crippen LogP contribution < -0.4 is 4.74 Å². The molecular formula is C25H21NO4. The van der Waals surface area contributed by atoms with Crippen molar-refractivity contribution in [2.75, 3.05) is 0 Å². The zero-order valence-electron chi connectivity index (χ0n) is 16.8. The first kappa shape index (κ1) is 19.6. The molecule has 1 aliphatic heterocycles. The third-order valence-corrected chi connectivity index (χ3v) is 5.29. The van der Waals surface area contributed by atoms with Crippen LogP contribution in [-0.4, -0.2) is 28.7 Å². The number of carbonyl (C=O) groups excluding carboxylic acids is 3. The first-order valence-corrected chi connectivity index (χ1v) is 9.76. The van der Waals surface area contributed by atoms with Crippen LogP contribution in [0.3, 0.4) is 0 Å². The summed E-state index contributed by atoms with van der Waals surface area (Å²) in [7, 11) is 0. The van der Waals surface area contributed by atoms with E-state index in [2.05, 4.69) is 0 Å². The molecule has 0 saturated heterocycles. The van der Waals surface area contributed by atoms with Gasteiger partial charge in [-0.2, -0.15) is 0 Å². The van der Waals surface area contributed by atoms with Crippen LogP contribution >= 0.6 is 0 Å².